The van der Waals surface area contributed by atoms with Gasteiger partial charge in [0, 0.05) is 22.7 Å². The lowest BCUT2D eigenvalue weighted by Crippen LogP contribution is -2.02. The predicted molar refractivity (Wildman–Crippen MR) is 99.9 cm³/mol. The number of benzene rings is 2. The second-order valence-electron chi connectivity index (χ2n) is 5.45. The zero-order valence-corrected chi connectivity index (χ0v) is 15.3. The molecular weight excluding hydrogens is 359 g/mol. The van der Waals surface area contributed by atoms with Crippen molar-refractivity contribution in [1.82, 2.24) is 15.0 Å². The van der Waals surface area contributed by atoms with Crippen LogP contribution in [0, 0.1) is 6.92 Å². The van der Waals surface area contributed by atoms with E-state index in [9.17, 15) is 0 Å². The van der Waals surface area contributed by atoms with Gasteiger partial charge in [0.15, 0.2) is 11.6 Å². The van der Waals surface area contributed by atoms with Crippen molar-refractivity contribution < 1.29 is 4.74 Å². The Labute approximate surface area is 155 Å². The number of aromatic nitrogens is 3. The summed E-state index contributed by atoms with van der Waals surface area (Å²) in [6.07, 6.45) is 0. The van der Waals surface area contributed by atoms with E-state index in [-0.39, 0.29) is 6.01 Å². The van der Waals surface area contributed by atoms with Crippen molar-refractivity contribution in [1.29, 1.82) is 0 Å². The van der Waals surface area contributed by atoms with Crippen LogP contribution >= 0.6 is 23.2 Å². The molecule has 25 heavy (non-hydrogen) atoms. The Morgan fingerprint density at radius 3 is 2.40 bits per heavy atom. The summed E-state index contributed by atoms with van der Waals surface area (Å²) in [5.41, 5.74) is 9.06. The summed E-state index contributed by atoms with van der Waals surface area (Å²) in [4.78, 5) is 13.2. The van der Waals surface area contributed by atoms with Crippen LogP contribution < -0.4 is 10.5 Å². The first-order chi connectivity index (χ1) is 12.0. The van der Waals surface area contributed by atoms with Gasteiger partial charge in [-0.05, 0) is 36.2 Å². The number of nitrogens with zero attached hydrogens (tertiary/aromatic N) is 3. The topological polar surface area (TPSA) is 73.9 Å². The van der Waals surface area contributed by atoms with Gasteiger partial charge in [0.25, 0.3) is 0 Å². The second kappa shape index (κ2) is 7.35. The van der Waals surface area contributed by atoms with Gasteiger partial charge in [0.05, 0.1) is 12.1 Å². The maximum atomic E-state index is 6.32. The summed E-state index contributed by atoms with van der Waals surface area (Å²) in [5, 5.41) is 1.17. The molecule has 0 unspecified atom stereocenters. The van der Waals surface area contributed by atoms with Crippen LogP contribution in [-0.2, 0) is 6.54 Å². The average molecular weight is 375 g/mol. The number of hydrogen-bond acceptors (Lipinski definition) is 5. The fourth-order valence-electron chi connectivity index (χ4n) is 2.30. The number of ether oxygens (including phenoxy) is 1. The molecule has 0 spiro atoms. The monoisotopic (exact) mass is 374 g/mol. The number of halogens is 2. The van der Waals surface area contributed by atoms with E-state index in [1.54, 1.807) is 6.07 Å². The smallest absolute Gasteiger partial charge is 0.320 e. The molecule has 1 heterocycles. The molecule has 0 aliphatic carbocycles. The maximum Gasteiger partial charge on any atom is 0.320 e. The molecule has 1 aromatic heterocycles. The molecule has 3 aromatic rings. The highest BCUT2D eigenvalue weighted by Gasteiger charge is 2.14. The zero-order valence-electron chi connectivity index (χ0n) is 13.8. The molecule has 2 aromatic carbocycles. The second-order valence-corrected chi connectivity index (χ2v) is 6.27. The van der Waals surface area contributed by atoms with Crippen LogP contribution in [0.15, 0.2) is 36.4 Å². The Morgan fingerprint density at radius 1 is 0.960 bits per heavy atom. The number of hydrogen-bond donors (Lipinski definition) is 1. The summed E-state index contributed by atoms with van der Waals surface area (Å²) < 4.78 is 5.23. The van der Waals surface area contributed by atoms with E-state index < -0.39 is 0 Å². The normalized spacial score (nSPS) is 10.8. The Bertz CT molecular complexity index is 931. The van der Waals surface area contributed by atoms with Crippen molar-refractivity contribution in [3.63, 3.8) is 0 Å². The largest absolute Gasteiger partial charge is 0.467 e. The summed E-state index contributed by atoms with van der Waals surface area (Å²) in [6.45, 7) is 2.33. The summed E-state index contributed by atoms with van der Waals surface area (Å²) >= 11 is 12.5. The van der Waals surface area contributed by atoms with E-state index in [1.807, 2.05) is 37.3 Å². The molecule has 128 valence electrons. The van der Waals surface area contributed by atoms with E-state index in [0.717, 1.165) is 16.7 Å². The molecule has 0 amide bonds. The van der Waals surface area contributed by atoms with Crippen LogP contribution in [0.2, 0.25) is 10.0 Å². The molecule has 0 saturated heterocycles. The van der Waals surface area contributed by atoms with E-state index in [2.05, 4.69) is 15.0 Å². The standard InChI is InChI=1S/C18H16Cl2N4O/c1-10-3-5-12(8-15(10)20)16-22-17(24-18(23-16)25-2)13-7-11(9-21)4-6-14(13)19/h3-8H,9,21H2,1-2H3. The average Bonchev–Trinajstić information content (AvgIpc) is 2.64. The molecule has 0 bridgehead atoms. The van der Waals surface area contributed by atoms with Crippen molar-refractivity contribution in [2.24, 2.45) is 5.73 Å². The molecule has 0 aliphatic heterocycles. The van der Waals surface area contributed by atoms with Crippen LogP contribution in [0.5, 0.6) is 6.01 Å². The molecule has 7 heteroatoms. The zero-order chi connectivity index (χ0) is 18.0. The first-order valence-electron chi connectivity index (χ1n) is 7.57. The van der Waals surface area contributed by atoms with Crippen molar-refractivity contribution in [2.45, 2.75) is 13.5 Å². The summed E-state index contributed by atoms with van der Waals surface area (Å²) in [5.74, 6) is 0.872. The third kappa shape index (κ3) is 3.74. The quantitative estimate of drug-likeness (QED) is 0.737. The third-order valence-electron chi connectivity index (χ3n) is 3.73. The minimum absolute atomic E-state index is 0.200. The van der Waals surface area contributed by atoms with Crippen molar-refractivity contribution in [2.75, 3.05) is 7.11 Å². The van der Waals surface area contributed by atoms with Crippen molar-refractivity contribution >= 4 is 23.2 Å². The van der Waals surface area contributed by atoms with Crippen LogP contribution in [0.3, 0.4) is 0 Å². The highest BCUT2D eigenvalue weighted by Crippen LogP contribution is 2.30. The molecule has 3 rings (SSSR count). The molecule has 0 fully saturated rings. The lowest BCUT2D eigenvalue weighted by Gasteiger charge is -2.09. The van der Waals surface area contributed by atoms with Gasteiger partial charge in [-0.3, -0.25) is 0 Å². The third-order valence-corrected chi connectivity index (χ3v) is 4.47. The summed E-state index contributed by atoms with van der Waals surface area (Å²) in [7, 11) is 1.50. The fraction of sp³-hybridized carbons (Fsp3) is 0.167. The number of aryl methyl sites for hydroxylation is 1. The Hall–Kier alpha value is -2.21. The lowest BCUT2D eigenvalue weighted by molar-refractivity contribution is 0.379. The Balaban J connectivity index is 2.17. The van der Waals surface area contributed by atoms with Gasteiger partial charge in [-0.1, -0.05) is 41.4 Å². The van der Waals surface area contributed by atoms with Gasteiger partial charge in [-0.25, -0.2) is 4.98 Å². The fourth-order valence-corrected chi connectivity index (χ4v) is 2.68. The van der Waals surface area contributed by atoms with E-state index >= 15 is 0 Å². The number of rotatable bonds is 4. The summed E-state index contributed by atoms with van der Waals surface area (Å²) in [6, 6.07) is 11.3. The molecule has 0 saturated carbocycles. The molecular formula is C18H16Cl2N4O. The predicted octanol–water partition coefficient (Wildman–Crippen LogP) is 4.29. The van der Waals surface area contributed by atoms with Gasteiger partial charge in [0.2, 0.25) is 0 Å². The van der Waals surface area contributed by atoms with Crippen LogP contribution in [0.4, 0.5) is 0 Å². The SMILES string of the molecule is COc1nc(-c2ccc(C)c(Cl)c2)nc(-c2cc(CN)ccc2Cl)n1. The highest BCUT2D eigenvalue weighted by atomic mass is 35.5. The van der Waals surface area contributed by atoms with E-state index in [4.69, 9.17) is 33.7 Å². The maximum absolute atomic E-state index is 6.32. The lowest BCUT2D eigenvalue weighted by atomic mass is 10.1. The molecule has 0 atom stereocenters. The van der Waals surface area contributed by atoms with Crippen molar-refractivity contribution in [3.8, 4) is 28.8 Å². The molecule has 0 aliphatic rings. The first kappa shape index (κ1) is 17.6. The number of methoxy groups -OCH3 is 1. The van der Waals surface area contributed by atoms with Gasteiger partial charge in [-0.2, -0.15) is 9.97 Å². The van der Waals surface area contributed by atoms with Gasteiger partial charge >= 0.3 is 6.01 Å². The Kier molecular flexibility index (Phi) is 5.18. The van der Waals surface area contributed by atoms with Crippen LogP contribution in [-0.4, -0.2) is 22.1 Å². The van der Waals surface area contributed by atoms with E-state index in [1.165, 1.54) is 7.11 Å². The van der Waals surface area contributed by atoms with Gasteiger partial charge < -0.3 is 10.5 Å². The minimum Gasteiger partial charge on any atom is -0.467 e. The highest BCUT2D eigenvalue weighted by molar-refractivity contribution is 6.33. The Morgan fingerprint density at radius 2 is 1.72 bits per heavy atom. The molecule has 0 radical (unpaired) electrons. The molecule has 5 nitrogen and oxygen atoms in total. The minimum atomic E-state index is 0.200. The van der Waals surface area contributed by atoms with Crippen molar-refractivity contribution in [3.05, 3.63) is 57.6 Å². The van der Waals surface area contributed by atoms with Crippen LogP contribution in [0.25, 0.3) is 22.8 Å². The van der Waals surface area contributed by atoms with E-state index in [0.29, 0.717) is 33.8 Å². The van der Waals surface area contributed by atoms with Gasteiger partial charge in [0.1, 0.15) is 0 Å². The van der Waals surface area contributed by atoms with Gasteiger partial charge in [-0.15, -0.1) is 0 Å². The number of nitrogens with two attached hydrogens (primary N) is 1. The molecule has 2 N–H and O–H groups in total. The van der Waals surface area contributed by atoms with Crippen LogP contribution in [0.1, 0.15) is 11.1 Å². The first-order valence-corrected chi connectivity index (χ1v) is 8.33.